The summed E-state index contributed by atoms with van der Waals surface area (Å²) in [4.78, 5) is 14.0. The van der Waals surface area contributed by atoms with E-state index in [4.69, 9.17) is 4.74 Å². The van der Waals surface area contributed by atoms with Crippen LogP contribution in [-0.4, -0.2) is 53.1 Å². The number of hydrogen-bond donors (Lipinski definition) is 1. The number of carbonyl (C=O) groups excluding carboxylic acids is 1. The summed E-state index contributed by atoms with van der Waals surface area (Å²) in [5, 5.41) is 12.3. The fourth-order valence-corrected chi connectivity index (χ4v) is 3.96. The van der Waals surface area contributed by atoms with Gasteiger partial charge in [0.15, 0.2) is 4.34 Å². The van der Waals surface area contributed by atoms with Crippen LogP contribution < -0.4 is 5.32 Å². The topological polar surface area (TPSA) is 67.4 Å². The molecule has 1 fully saturated rings. The fraction of sp³-hybridized carbons (Fsp3) is 0.438. The predicted molar refractivity (Wildman–Crippen MR) is 97.2 cm³/mol. The molecule has 8 heteroatoms. The number of nitrogens with one attached hydrogen (secondary N) is 1. The Balaban J connectivity index is 1.53. The van der Waals surface area contributed by atoms with Gasteiger partial charge < -0.3 is 15.0 Å². The normalized spacial score (nSPS) is 14.7. The van der Waals surface area contributed by atoms with Crippen LogP contribution in [0.1, 0.15) is 11.1 Å². The number of ether oxygens (including phenoxy) is 1. The van der Waals surface area contributed by atoms with Crippen molar-refractivity contribution in [2.75, 3.05) is 37.4 Å². The zero-order valence-electron chi connectivity index (χ0n) is 13.7. The van der Waals surface area contributed by atoms with E-state index in [0.717, 1.165) is 15.2 Å². The molecule has 0 spiro atoms. The number of carbonyl (C=O) groups is 1. The molecular formula is C16H20N4O2S2. The van der Waals surface area contributed by atoms with E-state index >= 15 is 0 Å². The molecule has 1 aliphatic heterocycles. The first-order chi connectivity index (χ1) is 11.6. The molecule has 1 saturated heterocycles. The number of nitrogens with zero attached hydrogens (tertiary/aromatic N) is 3. The van der Waals surface area contributed by atoms with Gasteiger partial charge in [0, 0.05) is 18.8 Å². The second-order valence-corrected chi connectivity index (χ2v) is 7.78. The number of amides is 1. The molecule has 0 saturated carbocycles. The van der Waals surface area contributed by atoms with E-state index in [-0.39, 0.29) is 5.91 Å². The van der Waals surface area contributed by atoms with Crippen molar-refractivity contribution in [1.82, 2.24) is 15.1 Å². The summed E-state index contributed by atoms with van der Waals surface area (Å²) in [6.07, 6.45) is 0. The summed E-state index contributed by atoms with van der Waals surface area (Å²) in [5.41, 5.74) is 3.49. The second-order valence-electron chi connectivity index (χ2n) is 5.58. The third-order valence-corrected chi connectivity index (χ3v) is 5.80. The highest BCUT2D eigenvalue weighted by Gasteiger charge is 2.17. The zero-order valence-corrected chi connectivity index (χ0v) is 15.4. The van der Waals surface area contributed by atoms with Crippen molar-refractivity contribution in [1.29, 1.82) is 0 Å². The van der Waals surface area contributed by atoms with E-state index in [1.165, 1.54) is 34.2 Å². The first-order valence-electron chi connectivity index (χ1n) is 7.78. The minimum atomic E-state index is 0.127. The molecule has 3 rings (SSSR count). The summed E-state index contributed by atoms with van der Waals surface area (Å²) in [7, 11) is 0. The van der Waals surface area contributed by atoms with Crippen LogP contribution in [0.2, 0.25) is 0 Å². The van der Waals surface area contributed by atoms with Gasteiger partial charge in [0.2, 0.25) is 11.0 Å². The molecule has 1 N–H and O–H groups in total. The van der Waals surface area contributed by atoms with Gasteiger partial charge >= 0.3 is 0 Å². The van der Waals surface area contributed by atoms with Crippen LogP contribution in [0.4, 0.5) is 10.8 Å². The van der Waals surface area contributed by atoms with Crippen LogP contribution in [0.15, 0.2) is 22.5 Å². The lowest BCUT2D eigenvalue weighted by Gasteiger charge is -2.26. The summed E-state index contributed by atoms with van der Waals surface area (Å²) in [6, 6.07) is 6.19. The molecule has 0 radical (unpaired) electrons. The highest BCUT2D eigenvalue weighted by atomic mass is 32.2. The molecule has 128 valence electrons. The maximum Gasteiger partial charge on any atom is 0.233 e. The van der Waals surface area contributed by atoms with Crippen LogP contribution in [0, 0.1) is 13.8 Å². The molecule has 0 bridgehead atoms. The van der Waals surface area contributed by atoms with Crippen LogP contribution in [0.25, 0.3) is 0 Å². The number of aromatic nitrogens is 2. The summed E-state index contributed by atoms with van der Waals surface area (Å²) < 4.78 is 6.05. The third-order valence-electron chi connectivity index (χ3n) is 3.85. The predicted octanol–water partition coefficient (Wildman–Crippen LogP) is 2.85. The standard InChI is InChI=1S/C16H20N4O2S2/c1-11-3-4-13(9-12(11)2)17-15-18-19-16(24-15)23-10-14(21)20-5-7-22-8-6-20/h3-4,9H,5-8,10H2,1-2H3,(H,17,18). The smallest absolute Gasteiger partial charge is 0.233 e. The lowest BCUT2D eigenvalue weighted by Crippen LogP contribution is -2.41. The molecule has 2 aromatic rings. The molecule has 1 aromatic heterocycles. The number of aryl methyl sites for hydroxylation is 2. The molecule has 1 aromatic carbocycles. The molecular weight excluding hydrogens is 344 g/mol. The molecule has 24 heavy (non-hydrogen) atoms. The van der Waals surface area contributed by atoms with Gasteiger partial charge in [-0.05, 0) is 37.1 Å². The highest BCUT2D eigenvalue weighted by Crippen LogP contribution is 2.28. The van der Waals surface area contributed by atoms with Crippen molar-refractivity contribution in [3.05, 3.63) is 29.3 Å². The zero-order chi connectivity index (χ0) is 16.9. The Bertz CT molecular complexity index is 714. The summed E-state index contributed by atoms with van der Waals surface area (Å²) >= 11 is 2.89. The Morgan fingerprint density at radius 2 is 2.08 bits per heavy atom. The first kappa shape index (κ1) is 17.2. The van der Waals surface area contributed by atoms with Crippen LogP contribution in [-0.2, 0) is 9.53 Å². The molecule has 1 aliphatic rings. The van der Waals surface area contributed by atoms with Crippen molar-refractivity contribution in [3.63, 3.8) is 0 Å². The number of thioether (sulfide) groups is 1. The van der Waals surface area contributed by atoms with Gasteiger partial charge in [0.25, 0.3) is 0 Å². The largest absolute Gasteiger partial charge is 0.378 e. The quantitative estimate of drug-likeness (QED) is 0.823. The molecule has 2 heterocycles. The lowest BCUT2D eigenvalue weighted by molar-refractivity contribution is -0.132. The van der Waals surface area contributed by atoms with Crippen molar-refractivity contribution < 1.29 is 9.53 Å². The van der Waals surface area contributed by atoms with E-state index < -0.39 is 0 Å². The molecule has 6 nitrogen and oxygen atoms in total. The number of rotatable bonds is 5. The lowest BCUT2D eigenvalue weighted by atomic mass is 10.1. The van der Waals surface area contributed by atoms with Gasteiger partial charge in [0.05, 0.1) is 19.0 Å². The SMILES string of the molecule is Cc1ccc(Nc2nnc(SCC(=O)N3CCOCC3)s2)cc1C. The average Bonchev–Trinajstić information content (AvgIpc) is 3.04. The average molecular weight is 364 g/mol. The van der Waals surface area contributed by atoms with E-state index in [1.54, 1.807) is 0 Å². The molecule has 0 aliphatic carbocycles. The van der Waals surface area contributed by atoms with Crippen LogP contribution in [0.3, 0.4) is 0 Å². The minimum absolute atomic E-state index is 0.127. The van der Waals surface area contributed by atoms with Gasteiger partial charge in [-0.2, -0.15) is 0 Å². The Morgan fingerprint density at radius 1 is 1.29 bits per heavy atom. The first-order valence-corrected chi connectivity index (χ1v) is 9.58. The number of morpholine rings is 1. The summed E-state index contributed by atoms with van der Waals surface area (Å²) in [6.45, 7) is 6.77. The third kappa shape index (κ3) is 4.46. The van der Waals surface area contributed by atoms with Crippen LogP contribution >= 0.6 is 23.1 Å². The van der Waals surface area contributed by atoms with E-state index in [9.17, 15) is 4.79 Å². The van der Waals surface area contributed by atoms with E-state index in [1.807, 2.05) is 11.0 Å². The molecule has 0 atom stereocenters. The van der Waals surface area contributed by atoms with Gasteiger partial charge in [-0.1, -0.05) is 29.2 Å². The fourth-order valence-electron chi connectivity index (χ4n) is 2.29. The van der Waals surface area contributed by atoms with Gasteiger partial charge in [-0.15, -0.1) is 10.2 Å². The Kier molecular flexibility index (Phi) is 5.70. The molecule has 1 amide bonds. The molecule has 0 unspecified atom stereocenters. The second kappa shape index (κ2) is 7.96. The van der Waals surface area contributed by atoms with Gasteiger partial charge in [-0.3, -0.25) is 4.79 Å². The van der Waals surface area contributed by atoms with E-state index in [0.29, 0.717) is 32.1 Å². The number of benzene rings is 1. The van der Waals surface area contributed by atoms with Gasteiger partial charge in [-0.25, -0.2) is 0 Å². The van der Waals surface area contributed by atoms with E-state index in [2.05, 4.69) is 41.5 Å². The number of hydrogen-bond acceptors (Lipinski definition) is 7. The van der Waals surface area contributed by atoms with Crippen molar-refractivity contribution in [2.45, 2.75) is 18.2 Å². The summed E-state index contributed by atoms with van der Waals surface area (Å²) in [5.74, 6) is 0.514. The monoisotopic (exact) mass is 364 g/mol. The maximum atomic E-state index is 12.1. The maximum absolute atomic E-state index is 12.1. The van der Waals surface area contributed by atoms with Crippen molar-refractivity contribution in [2.24, 2.45) is 0 Å². The Morgan fingerprint density at radius 3 is 2.83 bits per heavy atom. The van der Waals surface area contributed by atoms with Crippen LogP contribution in [0.5, 0.6) is 0 Å². The highest BCUT2D eigenvalue weighted by molar-refractivity contribution is 8.01. The van der Waals surface area contributed by atoms with Crippen molar-refractivity contribution in [3.8, 4) is 0 Å². The minimum Gasteiger partial charge on any atom is -0.378 e. The number of anilines is 2. The Labute approximate surface area is 149 Å². The Hall–Kier alpha value is -1.64. The van der Waals surface area contributed by atoms with Crippen molar-refractivity contribution >= 4 is 39.8 Å². The van der Waals surface area contributed by atoms with Gasteiger partial charge in [0.1, 0.15) is 0 Å².